The van der Waals surface area contributed by atoms with Crippen molar-refractivity contribution in [2.45, 2.75) is 33.2 Å². The summed E-state index contributed by atoms with van der Waals surface area (Å²) >= 11 is 0. The van der Waals surface area contributed by atoms with Crippen LogP contribution in [-0.2, 0) is 11.2 Å². The predicted molar refractivity (Wildman–Crippen MR) is 87.1 cm³/mol. The van der Waals surface area contributed by atoms with Gasteiger partial charge in [0.2, 0.25) is 5.91 Å². The zero-order valence-corrected chi connectivity index (χ0v) is 13.3. The second kappa shape index (κ2) is 5.90. The van der Waals surface area contributed by atoms with E-state index >= 15 is 0 Å². The summed E-state index contributed by atoms with van der Waals surface area (Å²) in [5.41, 5.74) is 8.36. The number of aromatic nitrogens is 1. The Labute approximate surface area is 126 Å². The number of benzene rings is 1. The number of carbonyl (C=O) groups excluding carboxylic acids is 1. The highest BCUT2D eigenvalue weighted by molar-refractivity contribution is 5.86. The van der Waals surface area contributed by atoms with E-state index in [1.165, 1.54) is 0 Å². The van der Waals surface area contributed by atoms with E-state index in [9.17, 15) is 4.79 Å². The number of fused-ring (bicyclic) bond motifs is 1. The Kier molecular flexibility index (Phi) is 4.37. The minimum atomic E-state index is -0.503. The third-order valence-corrected chi connectivity index (χ3v) is 3.52. The molecule has 1 aromatic heterocycles. The molecule has 114 valence electrons. The van der Waals surface area contributed by atoms with Gasteiger partial charge in [0.05, 0.1) is 6.04 Å². The molecule has 4 nitrogen and oxygen atoms in total. The summed E-state index contributed by atoms with van der Waals surface area (Å²) in [6.07, 6.45) is 2.50. The van der Waals surface area contributed by atoms with E-state index < -0.39 is 6.04 Å². The molecule has 1 heterocycles. The van der Waals surface area contributed by atoms with Crippen LogP contribution in [0, 0.1) is 5.41 Å². The second-order valence-electron chi connectivity index (χ2n) is 6.93. The van der Waals surface area contributed by atoms with Crippen LogP contribution in [0.3, 0.4) is 0 Å². The van der Waals surface area contributed by atoms with Crippen molar-refractivity contribution in [3.05, 3.63) is 36.0 Å². The second-order valence-corrected chi connectivity index (χ2v) is 6.93. The van der Waals surface area contributed by atoms with Crippen molar-refractivity contribution in [3.63, 3.8) is 0 Å². The summed E-state index contributed by atoms with van der Waals surface area (Å²) in [4.78, 5) is 17.3. The average molecular weight is 287 g/mol. The number of hydrogen-bond donors (Lipinski definition) is 2. The normalized spacial score (nSPS) is 13.4. The molecule has 1 aromatic carbocycles. The third kappa shape index (κ3) is 3.85. The molecule has 1 unspecified atom stereocenters. The van der Waals surface area contributed by atoms with Gasteiger partial charge in [0, 0.05) is 30.7 Å². The van der Waals surface area contributed by atoms with Gasteiger partial charge in [-0.2, -0.15) is 0 Å². The maximum atomic E-state index is 12.4. The van der Waals surface area contributed by atoms with E-state index in [1.807, 2.05) is 31.4 Å². The van der Waals surface area contributed by atoms with Gasteiger partial charge in [-0.1, -0.05) is 39.0 Å². The number of para-hydroxylation sites is 1. The molecule has 0 aliphatic heterocycles. The number of amides is 1. The molecule has 2 aromatic rings. The van der Waals surface area contributed by atoms with Gasteiger partial charge in [0.1, 0.15) is 0 Å². The van der Waals surface area contributed by atoms with Crippen LogP contribution >= 0.6 is 0 Å². The largest absolute Gasteiger partial charge is 0.361 e. The minimum Gasteiger partial charge on any atom is -0.361 e. The summed E-state index contributed by atoms with van der Waals surface area (Å²) in [5, 5.41) is 1.14. The summed E-state index contributed by atoms with van der Waals surface area (Å²) in [5.74, 6) is -0.00444. The van der Waals surface area contributed by atoms with E-state index in [1.54, 1.807) is 4.90 Å². The Morgan fingerprint density at radius 2 is 2.00 bits per heavy atom. The van der Waals surface area contributed by atoms with Crippen molar-refractivity contribution >= 4 is 16.8 Å². The molecule has 4 heteroatoms. The molecular weight excluding hydrogens is 262 g/mol. The van der Waals surface area contributed by atoms with E-state index in [4.69, 9.17) is 5.73 Å². The lowest BCUT2D eigenvalue weighted by Crippen LogP contribution is -2.45. The molecule has 0 saturated heterocycles. The van der Waals surface area contributed by atoms with Gasteiger partial charge in [-0.3, -0.25) is 4.79 Å². The number of hydrogen-bond acceptors (Lipinski definition) is 2. The number of rotatable bonds is 4. The van der Waals surface area contributed by atoms with Gasteiger partial charge < -0.3 is 15.6 Å². The van der Waals surface area contributed by atoms with Crippen LogP contribution < -0.4 is 5.73 Å². The van der Waals surface area contributed by atoms with Crippen LogP contribution in [0.4, 0.5) is 0 Å². The summed E-state index contributed by atoms with van der Waals surface area (Å²) in [6.45, 7) is 7.04. The Morgan fingerprint density at radius 3 is 2.67 bits per heavy atom. The number of likely N-dealkylation sites (N-methyl/N-ethyl adjacent to an activating group) is 1. The minimum absolute atomic E-state index is 0.00444. The average Bonchev–Trinajstić information content (AvgIpc) is 2.79. The molecule has 21 heavy (non-hydrogen) atoms. The first-order valence-corrected chi connectivity index (χ1v) is 7.33. The maximum absolute atomic E-state index is 12.4. The summed E-state index contributed by atoms with van der Waals surface area (Å²) < 4.78 is 0. The van der Waals surface area contributed by atoms with Gasteiger partial charge in [-0.05, 0) is 23.5 Å². The fourth-order valence-electron chi connectivity index (χ4n) is 2.70. The molecule has 0 spiro atoms. The fraction of sp³-hybridized carbons (Fsp3) is 0.471. The van der Waals surface area contributed by atoms with Crippen molar-refractivity contribution in [1.82, 2.24) is 9.88 Å². The van der Waals surface area contributed by atoms with E-state index in [0.717, 1.165) is 16.5 Å². The number of aromatic amines is 1. The van der Waals surface area contributed by atoms with Crippen molar-refractivity contribution in [2.75, 3.05) is 13.6 Å². The van der Waals surface area contributed by atoms with Gasteiger partial charge in [-0.15, -0.1) is 0 Å². The van der Waals surface area contributed by atoms with Crippen molar-refractivity contribution in [2.24, 2.45) is 11.1 Å². The smallest absolute Gasteiger partial charge is 0.239 e. The summed E-state index contributed by atoms with van der Waals surface area (Å²) in [6, 6.07) is 7.56. The number of nitrogens with zero attached hydrogens (tertiary/aromatic N) is 1. The SMILES string of the molecule is CN(CC(C)(C)C)C(=O)C(N)Cc1c[nH]c2ccccc12. The topological polar surface area (TPSA) is 62.1 Å². The number of H-pyrrole nitrogens is 1. The third-order valence-electron chi connectivity index (χ3n) is 3.52. The van der Waals surface area contributed by atoms with E-state index in [0.29, 0.717) is 13.0 Å². The lowest BCUT2D eigenvalue weighted by Gasteiger charge is -2.28. The van der Waals surface area contributed by atoms with Crippen molar-refractivity contribution < 1.29 is 4.79 Å². The van der Waals surface area contributed by atoms with Crippen molar-refractivity contribution in [1.29, 1.82) is 0 Å². The van der Waals surface area contributed by atoms with Crippen LogP contribution in [0.2, 0.25) is 0 Å². The van der Waals surface area contributed by atoms with Crippen LogP contribution in [0.15, 0.2) is 30.5 Å². The van der Waals surface area contributed by atoms with E-state index in [2.05, 4.69) is 31.8 Å². The zero-order chi connectivity index (χ0) is 15.6. The molecule has 0 saturated carbocycles. The van der Waals surface area contributed by atoms with Gasteiger partial charge in [0.25, 0.3) is 0 Å². The molecular formula is C17H25N3O. The van der Waals surface area contributed by atoms with Crippen LogP contribution in [0.1, 0.15) is 26.3 Å². The molecule has 0 aliphatic carbocycles. The Hall–Kier alpha value is -1.81. The molecule has 1 amide bonds. The molecule has 1 atom stereocenters. The van der Waals surface area contributed by atoms with Crippen LogP contribution in [-0.4, -0.2) is 35.4 Å². The molecule has 3 N–H and O–H groups in total. The molecule has 0 bridgehead atoms. The van der Waals surface area contributed by atoms with Crippen molar-refractivity contribution in [3.8, 4) is 0 Å². The lowest BCUT2D eigenvalue weighted by atomic mass is 9.95. The molecule has 2 rings (SSSR count). The molecule has 0 fully saturated rings. The van der Waals surface area contributed by atoms with Gasteiger partial charge in [0.15, 0.2) is 0 Å². The highest BCUT2D eigenvalue weighted by Crippen LogP contribution is 2.20. The fourth-order valence-corrected chi connectivity index (χ4v) is 2.70. The lowest BCUT2D eigenvalue weighted by molar-refractivity contribution is -0.132. The van der Waals surface area contributed by atoms with E-state index in [-0.39, 0.29) is 11.3 Å². The highest BCUT2D eigenvalue weighted by atomic mass is 16.2. The Balaban J connectivity index is 2.07. The molecule has 0 radical (unpaired) electrons. The number of carbonyl (C=O) groups is 1. The van der Waals surface area contributed by atoms with Crippen LogP contribution in [0.5, 0.6) is 0 Å². The standard InChI is InChI=1S/C17H25N3O/c1-17(2,3)11-20(4)16(21)14(18)9-12-10-19-15-8-6-5-7-13(12)15/h5-8,10,14,19H,9,11,18H2,1-4H3. The summed E-state index contributed by atoms with van der Waals surface area (Å²) in [7, 11) is 1.82. The predicted octanol–water partition coefficient (Wildman–Crippen LogP) is 2.54. The van der Waals surface area contributed by atoms with Crippen LogP contribution in [0.25, 0.3) is 10.9 Å². The monoisotopic (exact) mass is 287 g/mol. The number of nitrogens with two attached hydrogens (primary N) is 1. The first-order chi connectivity index (χ1) is 9.78. The molecule has 0 aliphatic rings. The zero-order valence-electron chi connectivity index (χ0n) is 13.3. The first-order valence-electron chi connectivity index (χ1n) is 7.33. The number of nitrogens with one attached hydrogen (secondary N) is 1. The Morgan fingerprint density at radius 1 is 1.33 bits per heavy atom. The maximum Gasteiger partial charge on any atom is 0.239 e. The van der Waals surface area contributed by atoms with Gasteiger partial charge in [-0.25, -0.2) is 0 Å². The highest BCUT2D eigenvalue weighted by Gasteiger charge is 2.23. The quantitative estimate of drug-likeness (QED) is 0.907. The first kappa shape index (κ1) is 15.6. The van der Waals surface area contributed by atoms with Gasteiger partial charge >= 0.3 is 0 Å². The Bertz CT molecular complexity index is 624.